The third-order valence-electron chi connectivity index (χ3n) is 3.39. The van der Waals surface area contributed by atoms with Crippen LogP contribution in [0, 0.1) is 6.92 Å². The molecule has 0 saturated heterocycles. The fourth-order valence-corrected chi connectivity index (χ4v) is 2.21. The predicted octanol–water partition coefficient (Wildman–Crippen LogP) is 2.84. The fraction of sp³-hybridized carbons (Fsp3) is 0.118. The van der Waals surface area contributed by atoms with Crippen molar-refractivity contribution >= 4 is 11.7 Å². The summed E-state index contributed by atoms with van der Waals surface area (Å²) >= 11 is 0. The molecule has 0 fully saturated rings. The number of carbonyl (C=O) groups is 1. The average molecular weight is 308 g/mol. The minimum atomic E-state index is -0.216. The summed E-state index contributed by atoms with van der Waals surface area (Å²) in [6, 6.07) is 12.7. The van der Waals surface area contributed by atoms with Crippen molar-refractivity contribution in [1.82, 2.24) is 14.8 Å². The molecule has 0 atom stereocenters. The number of pyridine rings is 1. The van der Waals surface area contributed by atoms with E-state index >= 15 is 0 Å². The maximum absolute atomic E-state index is 12.1. The highest BCUT2D eigenvalue weighted by molar-refractivity contribution is 6.03. The lowest BCUT2D eigenvalue weighted by Crippen LogP contribution is -2.12. The molecule has 1 N–H and O–H groups in total. The second-order valence-corrected chi connectivity index (χ2v) is 4.97. The number of nitrogens with one attached hydrogen (secondary N) is 1. The summed E-state index contributed by atoms with van der Waals surface area (Å²) in [6.45, 7) is 1.93. The van der Waals surface area contributed by atoms with Gasteiger partial charge in [0.05, 0.1) is 12.8 Å². The molecule has 3 rings (SSSR count). The highest BCUT2D eigenvalue weighted by Gasteiger charge is 2.10. The molecule has 6 nitrogen and oxygen atoms in total. The summed E-state index contributed by atoms with van der Waals surface area (Å²) in [5.74, 6) is 1.07. The Labute approximate surface area is 133 Å². The maximum atomic E-state index is 12.1. The molecule has 23 heavy (non-hydrogen) atoms. The molecule has 1 amide bonds. The Morgan fingerprint density at radius 1 is 1.13 bits per heavy atom. The lowest BCUT2D eigenvalue weighted by molar-refractivity contribution is 0.102. The number of nitrogens with zero attached hydrogens (tertiary/aromatic N) is 3. The summed E-state index contributed by atoms with van der Waals surface area (Å²) in [4.78, 5) is 16.0. The number of carbonyl (C=O) groups excluding carboxylic acids is 1. The summed E-state index contributed by atoms with van der Waals surface area (Å²) in [5.41, 5.74) is 2.35. The van der Waals surface area contributed by atoms with Gasteiger partial charge in [-0.3, -0.25) is 9.78 Å². The first-order valence-corrected chi connectivity index (χ1v) is 7.10. The van der Waals surface area contributed by atoms with Crippen LogP contribution >= 0.6 is 0 Å². The molecule has 1 aromatic carbocycles. The Hall–Kier alpha value is -3.15. The van der Waals surface area contributed by atoms with E-state index in [2.05, 4.69) is 15.4 Å². The van der Waals surface area contributed by atoms with Crippen molar-refractivity contribution in [1.29, 1.82) is 0 Å². The molecule has 0 bridgehead atoms. The third-order valence-corrected chi connectivity index (χ3v) is 3.39. The van der Waals surface area contributed by atoms with Crippen LogP contribution in [-0.4, -0.2) is 27.8 Å². The first-order chi connectivity index (χ1) is 11.2. The Kier molecular flexibility index (Phi) is 4.05. The fourth-order valence-electron chi connectivity index (χ4n) is 2.21. The van der Waals surface area contributed by atoms with Crippen LogP contribution in [0.3, 0.4) is 0 Å². The Balaban J connectivity index is 1.81. The molecule has 0 saturated carbocycles. The van der Waals surface area contributed by atoms with Gasteiger partial charge in [0.1, 0.15) is 5.75 Å². The highest BCUT2D eigenvalue weighted by atomic mass is 16.5. The molecule has 0 radical (unpaired) electrons. The van der Waals surface area contributed by atoms with Crippen molar-refractivity contribution in [2.75, 3.05) is 12.4 Å². The van der Waals surface area contributed by atoms with Crippen LogP contribution in [0.2, 0.25) is 0 Å². The summed E-state index contributed by atoms with van der Waals surface area (Å²) < 4.78 is 6.92. The van der Waals surface area contributed by atoms with Crippen molar-refractivity contribution in [2.45, 2.75) is 6.92 Å². The van der Waals surface area contributed by atoms with E-state index in [4.69, 9.17) is 4.74 Å². The summed E-state index contributed by atoms with van der Waals surface area (Å²) in [7, 11) is 1.63. The lowest BCUT2D eigenvalue weighted by atomic mass is 10.2. The van der Waals surface area contributed by atoms with Gasteiger partial charge >= 0.3 is 0 Å². The normalized spacial score (nSPS) is 10.3. The number of methoxy groups -OCH3 is 1. The SMILES string of the molecule is COc1ccc(-n2nc(NC(=O)c3ccncc3)cc2C)cc1. The molecule has 0 spiro atoms. The molecule has 116 valence electrons. The monoisotopic (exact) mass is 308 g/mol. The van der Waals surface area contributed by atoms with Gasteiger partial charge in [0.15, 0.2) is 5.82 Å². The molecule has 0 unspecified atom stereocenters. The Morgan fingerprint density at radius 2 is 1.83 bits per heavy atom. The molecule has 0 aliphatic carbocycles. The molecule has 0 aliphatic rings. The number of amides is 1. The van der Waals surface area contributed by atoms with Gasteiger partial charge in [0, 0.05) is 29.7 Å². The van der Waals surface area contributed by atoms with Gasteiger partial charge < -0.3 is 10.1 Å². The molecule has 2 heterocycles. The smallest absolute Gasteiger partial charge is 0.256 e. The number of anilines is 1. The van der Waals surface area contributed by atoms with E-state index in [-0.39, 0.29) is 5.91 Å². The van der Waals surface area contributed by atoms with Gasteiger partial charge in [-0.2, -0.15) is 0 Å². The number of ether oxygens (including phenoxy) is 1. The minimum absolute atomic E-state index is 0.216. The van der Waals surface area contributed by atoms with Crippen LogP contribution in [0.1, 0.15) is 16.1 Å². The molecular weight excluding hydrogens is 292 g/mol. The number of rotatable bonds is 4. The standard InChI is InChI=1S/C17H16N4O2/c1-12-11-16(19-17(22)13-7-9-18-10-8-13)20-21(12)14-3-5-15(23-2)6-4-14/h3-11H,1-2H3,(H,19,20,22). The topological polar surface area (TPSA) is 69.0 Å². The zero-order valence-electron chi connectivity index (χ0n) is 12.9. The molecule has 3 aromatic rings. The van der Waals surface area contributed by atoms with Crippen LogP contribution in [0.4, 0.5) is 5.82 Å². The summed E-state index contributed by atoms with van der Waals surface area (Å²) in [6.07, 6.45) is 3.16. The van der Waals surface area contributed by atoms with E-state index in [1.165, 1.54) is 0 Å². The average Bonchev–Trinajstić information content (AvgIpc) is 2.96. The second kappa shape index (κ2) is 6.31. The molecule has 6 heteroatoms. The zero-order chi connectivity index (χ0) is 16.2. The van der Waals surface area contributed by atoms with E-state index in [0.29, 0.717) is 11.4 Å². The number of benzene rings is 1. The zero-order valence-corrected chi connectivity index (χ0v) is 12.9. The maximum Gasteiger partial charge on any atom is 0.256 e. The quantitative estimate of drug-likeness (QED) is 0.804. The Morgan fingerprint density at radius 3 is 2.48 bits per heavy atom. The number of aromatic nitrogens is 3. The van der Waals surface area contributed by atoms with Crippen LogP contribution in [0.25, 0.3) is 5.69 Å². The largest absolute Gasteiger partial charge is 0.497 e. The first kappa shape index (κ1) is 14.8. The van der Waals surface area contributed by atoms with E-state index in [9.17, 15) is 4.79 Å². The van der Waals surface area contributed by atoms with Crippen LogP contribution < -0.4 is 10.1 Å². The second-order valence-electron chi connectivity index (χ2n) is 4.97. The third kappa shape index (κ3) is 3.21. The Bertz CT molecular complexity index is 810. The van der Waals surface area contributed by atoms with Gasteiger partial charge in [-0.1, -0.05) is 0 Å². The number of hydrogen-bond donors (Lipinski definition) is 1. The number of aryl methyl sites for hydroxylation is 1. The van der Waals surface area contributed by atoms with Crippen LogP contribution in [0.5, 0.6) is 5.75 Å². The van der Waals surface area contributed by atoms with Crippen molar-refractivity contribution < 1.29 is 9.53 Å². The van der Waals surface area contributed by atoms with Crippen molar-refractivity contribution in [3.63, 3.8) is 0 Å². The van der Waals surface area contributed by atoms with E-state index in [0.717, 1.165) is 17.1 Å². The van der Waals surface area contributed by atoms with E-state index < -0.39 is 0 Å². The summed E-state index contributed by atoms with van der Waals surface area (Å²) in [5, 5.41) is 7.22. The van der Waals surface area contributed by atoms with Crippen molar-refractivity contribution in [3.05, 3.63) is 66.1 Å². The van der Waals surface area contributed by atoms with Crippen LogP contribution in [-0.2, 0) is 0 Å². The molecular formula is C17H16N4O2. The van der Waals surface area contributed by atoms with Gasteiger partial charge in [-0.25, -0.2) is 4.68 Å². The first-order valence-electron chi connectivity index (χ1n) is 7.10. The predicted molar refractivity (Wildman–Crippen MR) is 87.0 cm³/mol. The van der Waals surface area contributed by atoms with Crippen molar-refractivity contribution in [2.24, 2.45) is 0 Å². The van der Waals surface area contributed by atoms with E-state index in [1.54, 1.807) is 36.3 Å². The lowest BCUT2D eigenvalue weighted by Gasteiger charge is -2.05. The molecule has 0 aliphatic heterocycles. The van der Waals surface area contributed by atoms with Gasteiger partial charge in [-0.15, -0.1) is 5.10 Å². The van der Waals surface area contributed by atoms with Gasteiger partial charge in [0.2, 0.25) is 0 Å². The van der Waals surface area contributed by atoms with Crippen molar-refractivity contribution in [3.8, 4) is 11.4 Å². The van der Waals surface area contributed by atoms with Gasteiger partial charge in [0.25, 0.3) is 5.91 Å². The van der Waals surface area contributed by atoms with E-state index in [1.807, 2.05) is 37.3 Å². The van der Waals surface area contributed by atoms with Crippen LogP contribution in [0.15, 0.2) is 54.9 Å². The minimum Gasteiger partial charge on any atom is -0.497 e. The number of hydrogen-bond acceptors (Lipinski definition) is 4. The highest BCUT2D eigenvalue weighted by Crippen LogP contribution is 2.18. The molecule has 2 aromatic heterocycles. The van der Waals surface area contributed by atoms with Gasteiger partial charge in [-0.05, 0) is 43.3 Å².